The lowest BCUT2D eigenvalue weighted by Crippen LogP contribution is -1.98. The van der Waals surface area contributed by atoms with E-state index in [1.807, 2.05) is 0 Å². The van der Waals surface area contributed by atoms with Gasteiger partial charge in [-0.25, -0.2) is 0 Å². The number of hydrogen-bond donors (Lipinski definition) is 0. The first kappa shape index (κ1) is 12.4. The Balaban J connectivity index is 2.97. The van der Waals surface area contributed by atoms with Gasteiger partial charge < -0.3 is 14.2 Å². The molecule has 0 fully saturated rings. The third-order valence-corrected chi connectivity index (χ3v) is 1.82. The van der Waals surface area contributed by atoms with Crippen molar-refractivity contribution in [2.24, 2.45) is 0 Å². The van der Waals surface area contributed by atoms with Crippen molar-refractivity contribution >= 4 is 5.76 Å². The van der Waals surface area contributed by atoms with Crippen LogP contribution in [0, 0.1) is 0 Å². The predicted molar refractivity (Wildman–Crippen MR) is 55.1 cm³/mol. The molecule has 0 bridgehead atoms. The van der Waals surface area contributed by atoms with Crippen molar-refractivity contribution in [2.45, 2.75) is 0 Å². The Kier molecular flexibility index (Phi) is 4.72. The number of benzene rings is 1. The predicted octanol–water partition coefficient (Wildman–Crippen LogP) is 2.88. The van der Waals surface area contributed by atoms with Crippen LogP contribution in [0.3, 0.4) is 0 Å². The fraction of sp³-hybridized carbons (Fsp3) is 0.273. The van der Waals surface area contributed by atoms with Crippen LogP contribution in [0.15, 0.2) is 30.3 Å². The summed E-state index contributed by atoms with van der Waals surface area (Å²) in [7, 11) is 2.82. The molecule has 0 atom stereocenters. The SMILES string of the molecule is COCOC(=C(F)F)c1cccc(OC)c1. The first-order valence-electron chi connectivity index (χ1n) is 4.50. The van der Waals surface area contributed by atoms with Gasteiger partial charge in [0, 0.05) is 12.7 Å². The second kappa shape index (κ2) is 6.07. The van der Waals surface area contributed by atoms with E-state index in [-0.39, 0.29) is 12.4 Å². The van der Waals surface area contributed by atoms with Crippen molar-refractivity contribution in [1.29, 1.82) is 0 Å². The van der Waals surface area contributed by atoms with Crippen LogP contribution in [0.5, 0.6) is 5.75 Å². The van der Waals surface area contributed by atoms with E-state index >= 15 is 0 Å². The fourth-order valence-electron chi connectivity index (χ4n) is 1.13. The summed E-state index contributed by atoms with van der Waals surface area (Å²) in [5, 5.41) is 0. The molecule has 0 spiro atoms. The molecule has 16 heavy (non-hydrogen) atoms. The van der Waals surface area contributed by atoms with Gasteiger partial charge in [-0.3, -0.25) is 0 Å². The minimum absolute atomic E-state index is 0.232. The maximum absolute atomic E-state index is 12.6. The molecule has 88 valence electrons. The average molecular weight is 230 g/mol. The van der Waals surface area contributed by atoms with Crippen LogP contribution in [0.1, 0.15) is 5.56 Å². The van der Waals surface area contributed by atoms with Crippen LogP contribution in [-0.2, 0) is 9.47 Å². The Morgan fingerprint density at radius 2 is 2.00 bits per heavy atom. The molecule has 0 unspecified atom stereocenters. The Labute approximate surface area is 92.2 Å². The summed E-state index contributed by atoms with van der Waals surface area (Å²) in [6.45, 7) is -0.232. The van der Waals surface area contributed by atoms with Crippen molar-refractivity contribution in [2.75, 3.05) is 21.0 Å². The van der Waals surface area contributed by atoms with E-state index in [0.717, 1.165) is 0 Å². The fourth-order valence-corrected chi connectivity index (χ4v) is 1.13. The number of methoxy groups -OCH3 is 2. The smallest absolute Gasteiger partial charge is 0.312 e. The van der Waals surface area contributed by atoms with E-state index in [4.69, 9.17) is 9.47 Å². The van der Waals surface area contributed by atoms with Gasteiger partial charge in [0.2, 0.25) is 0 Å². The van der Waals surface area contributed by atoms with E-state index in [1.54, 1.807) is 12.1 Å². The van der Waals surface area contributed by atoms with Crippen LogP contribution >= 0.6 is 0 Å². The largest absolute Gasteiger partial charge is 0.497 e. The van der Waals surface area contributed by atoms with E-state index in [0.29, 0.717) is 5.75 Å². The lowest BCUT2D eigenvalue weighted by atomic mass is 10.2. The molecule has 1 rings (SSSR count). The zero-order chi connectivity index (χ0) is 12.0. The van der Waals surface area contributed by atoms with Gasteiger partial charge in [0.15, 0.2) is 12.6 Å². The van der Waals surface area contributed by atoms with E-state index in [1.165, 1.54) is 26.4 Å². The summed E-state index contributed by atoms with van der Waals surface area (Å²) in [6.07, 6.45) is -1.90. The molecular formula is C11H12F2O3. The van der Waals surface area contributed by atoms with E-state index in [2.05, 4.69) is 4.74 Å². The van der Waals surface area contributed by atoms with Gasteiger partial charge in [0.25, 0.3) is 0 Å². The molecule has 0 aliphatic carbocycles. The minimum atomic E-state index is -1.90. The molecule has 0 saturated heterocycles. The molecule has 0 heterocycles. The number of ether oxygens (including phenoxy) is 3. The van der Waals surface area contributed by atoms with Gasteiger partial charge in [-0.2, -0.15) is 8.78 Å². The highest BCUT2D eigenvalue weighted by Crippen LogP contribution is 2.25. The molecule has 1 aromatic rings. The van der Waals surface area contributed by atoms with Gasteiger partial charge in [0.05, 0.1) is 7.11 Å². The topological polar surface area (TPSA) is 27.7 Å². The Hall–Kier alpha value is -1.62. The second-order valence-electron chi connectivity index (χ2n) is 2.87. The second-order valence-corrected chi connectivity index (χ2v) is 2.87. The van der Waals surface area contributed by atoms with Crippen LogP contribution < -0.4 is 4.74 Å². The third-order valence-electron chi connectivity index (χ3n) is 1.82. The molecule has 1 aromatic carbocycles. The molecule has 0 aliphatic heterocycles. The van der Waals surface area contributed by atoms with E-state index < -0.39 is 11.8 Å². The summed E-state index contributed by atoms with van der Waals surface area (Å²) in [6, 6.07) is 6.23. The van der Waals surface area contributed by atoms with Crippen LogP contribution in [-0.4, -0.2) is 21.0 Å². The third kappa shape index (κ3) is 3.20. The molecule has 0 radical (unpaired) electrons. The summed E-state index contributed by atoms with van der Waals surface area (Å²) >= 11 is 0. The van der Waals surface area contributed by atoms with Crippen LogP contribution in [0.2, 0.25) is 0 Å². The first-order valence-corrected chi connectivity index (χ1v) is 4.50. The molecule has 0 aromatic heterocycles. The quantitative estimate of drug-likeness (QED) is 0.575. The van der Waals surface area contributed by atoms with Gasteiger partial charge in [-0.15, -0.1) is 0 Å². The first-order chi connectivity index (χ1) is 7.69. The zero-order valence-electron chi connectivity index (χ0n) is 9.00. The average Bonchev–Trinajstić information content (AvgIpc) is 2.29. The number of halogens is 2. The minimum Gasteiger partial charge on any atom is -0.497 e. The Bertz CT molecular complexity index is 373. The standard InChI is InChI=1S/C11H12F2O3/c1-14-7-16-10(11(12)13)8-4-3-5-9(6-8)15-2/h3-6H,7H2,1-2H3. The molecule has 0 N–H and O–H groups in total. The lowest BCUT2D eigenvalue weighted by molar-refractivity contribution is 0.0283. The molecular weight excluding hydrogens is 218 g/mol. The van der Waals surface area contributed by atoms with Crippen molar-refractivity contribution in [3.63, 3.8) is 0 Å². The Morgan fingerprint density at radius 3 is 2.56 bits per heavy atom. The monoisotopic (exact) mass is 230 g/mol. The van der Waals surface area contributed by atoms with Crippen molar-refractivity contribution in [3.05, 3.63) is 35.9 Å². The number of hydrogen-bond acceptors (Lipinski definition) is 3. The molecule has 3 nitrogen and oxygen atoms in total. The lowest BCUT2D eigenvalue weighted by Gasteiger charge is -2.09. The summed E-state index contributed by atoms with van der Waals surface area (Å²) in [5.74, 6) is -0.0157. The van der Waals surface area contributed by atoms with Crippen molar-refractivity contribution in [1.82, 2.24) is 0 Å². The van der Waals surface area contributed by atoms with Crippen LogP contribution in [0.25, 0.3) is 5.76 Å². The van der Waals surface area contributed by atoms with Gasteiger partial charge in [-0.1, -0.05) is 12.1 Å². The Morgan fingerprint density at radius 1 is 1.25 bits per heavy atom. The molecule has 0 aliphatic rings. The maximum atomic E-state index is 12.6. The highest BCUT2D eigenvalue weighted by atomic mass is 19.3. The van der Waals surface area contributed by atoms with Crippen molar-refractivity contribution < 1.29 is 23.0 Å². The normalized spacial score (nSPS) is 9.75. The van der Waals surface area contributed by atoms with Gasteiger partial charge in [-0.05, 0) is 12.1 Å². The summed E-state index contributed by atoms with van der Waals surface area (Å²) in [4.78, 5) is 0. The highest BCUT2D eigenvalue weighted by Gasteiger charge is 2.11. The maximum Gasteiger partial charge on any atom is 0.312 e. The van der Waals surface area contributed by atoms with Crippen LogP contribution in [0.4, 0.5) is 8.78 Å². The van der Waals surface area contributed by atoms with E-state index in [9.17, 15) is 8.78 Å². The summed E-state index contributed by atoms with van der Waals surface area (Å²) in [5.41, 5.74) is 0.247. The van der Waals surface area contributed by atoms with Crippen molar-refractivity contribution in [3.8, 4) is 5.75 Å². The number of rotatable bonds is 5. The highest BCUT2D eigenvalue weighted by molar-refractivity contribution is 5.61. The molecule has 0 amide bonds. The summed E-state index contributed by atoms with van der Waals surface area (Å²) < 4.78 is 39.5. The van der Waals surface area contributed by atoms with Gasteiger partial charge in [0.1, 0.15) is 5.75 Å². The van der Waals surface area contributed by atoms with Gasteiger partial charge >= 0.3 is 6.08 Å². The molecule has 5 heteroatoms. The molecule has 0 saturated carbocycles. The zero-order valence-corrected chi connectivity index (χ0v) is 9.00.